The average molecular weight is 521 g/mol. The molecule has 4 aliphatic carbocycles. The molecule has 33 heavy (non-hydrogen) atoms. The molecule has 0 bridgehead atoms. The minimum absolute atomic E-state index is 0.0140. The monoisotopic (exact) mass is 520 g/mol. The van der Waals surface area contributed by atoms with Crippen LogP contribution in [0.15, 0.2) is 63.7 Å². The van der Waals surface area contributed by atoms with E-state index < -0.39 is 17.2 Å². The van der Waals surface area contributed by atoms with Crippen LogP contribution in [0.5, 0.6) is 0 Å². The molecule has 5 rings (SSSR count). The number of aliphatic hydroxyl groups is 1. The zero-order valence-corrected chi connectivity index (χ0v) is 20.2. The van der Waals surface area contributed by atoms with E-state index >= 15 is 0 Å². The van der Waals surface area contributed by atoms with Gasteiger partial charge < -0.3 is 5.11 Å². The lowest BCUT2D eigenvalue weighted by Gasteiger charge is -2.54. The Kier molecular flexibility index (Phi) is 5.56. The van der Waals surface area contributed by atoms with Crippen LogP contribution in [-0.4, -0.2) is 22.7 Å². The van der Waals surface area contributed by atoms with Crippen LogP contribution in [-0.2, 0) is 4.79 Å². The fourth-order valence-electron chi connectivity index (χ4n) is 7.20. The van der Waals surface area contributed by atoms with E-state index in [2.05, 4.69) is 28.1 Å². The Morgan fingerprint density at radius 1 is 1.12 bits per heavy atom. The van der Waals surface area contributed by atoms with E-state index in [1.54, 1.807) is 0 Å². The van der Waals surface area contributed by atoms with E-state index in [0.29, 0.717) is 25.7 Å². The second-order valence-electron chi connectivity index (χ2n) is 10.4. The van der Waals surface area contributed by atoms with Crippen molar-refractivity contribution in [2.45, 2.75) is 69.6 Å². The smallest absolute Gasteiger partial charge is 0.385 e. The summed E-state index contributed by atoms with van der Waals surface area (Å²) in [7, 11) is 0. The summed E-state index contributed by atoms with van der Waals surface area (Å²) >= 11 is 3.50. The Morgan fingerprint density at radius 3 is 2.55 bits per heavy atom. The van der Waals surface area contributed by atoms with Gasteiger partial charge in [-0.2, -0.15) is 13.2 Å². The molecule has 2 saturated carbocycles. The van der Waals surface area contributed by atoms with Crippen molar-refractivity contribution in [1.29, 1.82) is 0 Å². The highest BCUT2D eigenvalue weighted by Crippen LogP contribution is 2.67. The van der Waals surface area contributed by atoms with Crippen LogP contribution in [0.3, 0.4) is 0 Å². The molecule has 2 nitrogen and oxygen atoms in total. The lowest BCUT2D eigenvalue weighted by molar-refractivity contribution is -0.114. The van der Waals surface area contributed by atoms with Crippen molar-refractivity contribution in [1.82, 2.24) is 0 Å². The van der Waals surface area contributed by atoms with Crippen LogP contribution < -0.4 is 0 Å². The Bertz CT molecular complexity index is 1070. The minimum atomic E-state index is -4.45. The number of halogens is 4. The Labute approximate surface area is 200 Å². The predicted octanol–water partition coefficient (Wildman–Crippen LogP) is 7.20. The fraction of sp³-hybridized carbons (Fsp3) is 0.519. The molecule has 176 valence electrons. The summed E-state index contributed by atoms with van der Waals surface area (Å²) < 4.78 is 40.1. The number of carbonyl (C=O) groups excluding carboxylic acids is 1. The quantitative estimate of drug-likeness (QED) is 0.418. The van der Waals surface area contributed by atoms with Gasteiger partial charge in [-0.15, -0.1) is 0 Å². The van der Waals surface area contributed by atoms with E-state index in [1.165, 1.54) is 11.1 Å². The number of carbonyl (C=O) groups is 1. The van der Waals surface area contributed by atoms with Gasteiger partial charge in [0.05, 0.1) is 5.60 Å². The first-order valence-corrected chi connectivity index (χ1v) is 12.5. The first-order chi connectivity index (χ1) is 15.5. The average Bonchev–Trinajstić information content (AvgIpc) is 3.02. The lowest BCUT2D eigenvalue weighted by atomic mass is 9.51. The van der Waals surface area contributed by atoms with Crippen LogP contribution >= 0.6 is 15.9 Å². The molecule has 0 amide bonds. The normalized spacial score (nSPS) is 36.5. The molecule has 0 spiro atoms. The number of benzene rings is 1. The third-order valence-electron chi connectivity index (χ3n) is 8.77. The largest absolute Gasteiger partial charge is 0.409 e. The Hall–Kier alpha value is -1.66. The van der Waals surface area contributed by atoms with Crippen molar-refractivity contribution in [3.8, 4) is 0 Å². The van der Waals surface area contributed by atoms with E-state index in [4.69, 9.17) is 0 Å². The predicted molar refractivity (Wildman–Crippen MR) is 125 cm³/mol. The summed E-state index contributed by atoms with van der Waals surface area (Å²) in [6, 6.07) is 8.15. The van der Waals surface area contributed by atoms with Gasteiger partial charge in [0.25, 0.3) is 0 Å². The summed E-state index contributed by atoms with van der Waals surface area (Å²) in [5, 5.41) is 11.6. The van der Waals surface area contributed by atoms with Crippen LogP contribution in [0.4, 0.5) is 13.2 Å². The highest BCUT2D eigenvalue weighted by molar-refractivity contribution is 9.10. The van der Waals surface area contributed by atoms with Gasteiger partial charge >= 0.3 is 6.18 Å². The highest BCUT2D eigenvalue weighted by Gasteiger charge is 2.62. The molecule has 0 aliphatic heterocycles. The maximum absolute atomic E-state index is 13.0. The standard InChI is InChI=1S/C27H28BrF3O2/c1-25-15-22(16-2-5-18(28)6-3-16)24-20-9-7-19(32)14-17(20)4-8-21(24)23(25)10-11-26(25,33)12-13-27(29,30)31/h2-3,5-6,12-14,21-23,33H,4,7-11,15H2,1H3/b13-12+/t21?,22-,23?,25+,26-/m1/s1. The number of allylic oxidation sites excluding steroid dienone is 5. The molecule has 4 aliphatic rings. The van der Waals surface area contributed by atoms with Crippen molar-refractivity contribution < 1.29 is 23.1 Å². The summed E-state index contributed by atoms with van der Waals surface area (Å²) in [6.45, 7) is 1.99. The molecule has 0 aromatic heterocycles. The highest BCUT2D eigenvalue weighted by atomic mass is 79.9. The Balaban J connectivity index is 1.65. The van der Waals surface area contributed by atoms with Crippen molar-refractivity contribution in [2.24, 2.45) is 17.3 Å². The maximum Gasteiger partial charge on any atom is 0.409 e. The molecular weight excluding hydrogens is 493 g/mol. The van der Waals surface area contributed by atoms with Crippen LogP contribution in [0.25, 0.3) is 0 Å². The number of fused-ring (bicyclic) bond motifs is 4. The second-order valence-corrected chi connectivity index (χ2v) is 11.3. The van der Waals surface area contributed by atoms with Gasteiger partial charge in [-0.05, 0) is 91.4 Å². The first kappa shape index (κ1) is 23.1. The van der Waals surface area contributed by atoms with Gasteiger partial charge in [0, 0.05) is 28.3 Å². The molecule has 0 heterocycles. The van der Waals surface area contributed by atoms with Gasteiger partial charge in [-0.1, -0.05) is 40.6 Å². The third-order valence-corrected chi connectivity index (χ3v) is 9.30. The first-order valence-electron chi connectivity index (χ1n) is 11.7. The number of hydrogen-bond acceptors (Lipinski definition) is 2. The zero-order valence-electron chi connectivity index (χ0n) is 18.6. The SMILES string of the molecule is C[C@]12C[C@H](c3ccc(Br)cc3)C3=C4CCC(=O)C=C4CCC3C1CC[C@@]2(O)/C=C/C(F)(F)F. The van der Waals surface area contributed by atoms with Crippen LogP contribution in [0.1, 0.15) is 63.4 Å². The van der Waals surface area contributed by atoms with E-state index in [0.717, 1.165) is 40.9 Å². The lowest BCUT2D eigenvalue weighted by Crippen LogP contribution is -2.50. The van der Waals surface area contributed by atoms with Crippen LogP contribution in [0.2, 0.25) is 0 Å². The molecule has 2 unspecified atom stereocenters. The van der Waals surface area contributed by atoms with Crippen molar-refractivity contribution >= 4 is 21.7 Å². The maximum atomic E-state index is 13.0. The minimum Gasteiger partial charge on any atom is -0.385 e. The summed E-state index contributed by atoms with van der Waals surface area (Å²) in [5.74, 6) is 0.529. The zero-order chi connectivity index (χ0) is 23.6. The molecular formula is C27H28BrF3O2. The molecule has 1 aromatic carbocycles. The van der Waals surface area contributed by atoms with Gasteiger partial charge in [0.2, 0.25) is 0 Å². The van der Waals surface area contributed by atoms with Crippen LogP contribution in [0, 0.1) is 17.3 Å². The van der Waals surface area contributed by atoms with Gasteiger partial charge in [-0.25, -0.2) is 0 Å². The molecule has 6 heteroatoms. The van der Waals surface area contributed by atoms with Crippen molar-refractivity contribution in [3.63, 3.8) is 0 Å². The van der Waals surface area contributed by atoms with Crippen molar-refractivity contribution in [3.05, 3.63) is 69.2 Å². The molecule has 5 atom stereocenters. The molecule has 0 radical (unpaired) electrons. The van der Waals surface area contributed by atoms with Crippen molar-refractivity contribution in [2.75, 3.05) is 0 Å². The third kappa shape index (κ3) is 3.87. The number of ketones is 1. The van der Waals surface area contributed by atoms with Gasteiger partial charge in [0.15, 0.2) is 5.78 Å². The van der Waals surface area contributed by atoms with Gasteiger partial charge in [-0.3, -0.25) is 4.79 Å². The van der Waals surface area contributed by atoms with E-state index in [9.17, 15) is 23.1 Å². The van der Waals surface area contributed by atoms with E-state index in [1.807, 2.05) is 25.1 Å². The number of rotatable bonds is 2. The molecule has 1 N–H and O–H groups in total. The Morgan fingerprint density at radius 2 is 1.85 bits per heavy atom. The molecule has 0 saturated heterocycles. The topological polar surface area (TPSA) is 37.3 Å². The fourth-order valence-corrected chi connectivity index (χ4v) is 7.46. The molecule has 1 aromatic rings. The summed E-state index contributed by atoms with van der Waals surface area (Å²) in [4.78, 5) is 12.1. The summed E-state index contributed by atoms with van der Waals surface area (Å²) in [5.41, 5.74) is 2.78. The van der Waals surface area contributed by atoms with E-state index in [-0.39, 0.29) is 29.6 Å². The number of alkyl halides is 3. The van der Waals surface area contributed by atoms with Gasteiger partial charge in [0.1, 0.15) is 0 Å². The summed E-state index contributed by atoms with van der Waals surface area (Å²) in [6.07, 6.45) is 3.21. The number of hydrogen-bond donors (Lipinski definition) is 1. The second kappa shape index (κ2) is 7.94. The molecule has 2 fully saturated rings.